The summed E-state index contributed by atoms with van der Waals surface area (Å²) in [6, 6.07) is 7.63. The highest BCUT2D eigenvalue weighted by Gasteiger charge is 2.49. The Morgan fingerprint density at radius 1 is 0.614 bits per heavy atom. The minimum atomic E-state index is -0.675. The number of benzene rings is 3. The van der Waals surface area contributed by atoms with Crippen LogP contribution in [0.3, 0.4) is 0 Å². The Kier molecular flexibility index (Phi) is 7.93. The lowest BCUT2D eigenvalue weighted by atomic mass is 9.69. The summed E-state index contributed by atoms with van der Waals surface area (Å²) in [7, 11) is 0. The first kappa shape index (κ1) is 29.1. The maximum absolute atomic E-state index is 17.6. The van der Waals surface area contributed by atoms with Crippen LogP contribution < -0.4 is 0 Å². The SMILES string of the molecule is CCCCCCCCC1(CCCCCCCC)c2ccc3nonc3c2-c2c(F)c3c(c(F)c21)-c1c(ccc2nonc12)C3. The molecule has 2 aromatic heterocycles. The fraction of sp³-hybridized carbons (Fsp3) is 0.500. The number of aromatic nitrogens is 4. The van der Waals surface area contributed by atoms with Crippen LogP contribution in [0.15, 0.2) is 33.5 Å². The molecule has 7 rings (SSSR count). The van der Waals surface area contributed by atoms with E-state index in [4.69, 9.17) is 9.26 Å². The first-order chi connectivity index (χ1) is 21.6. The van der Waals surface area contributed by atoms with Gasteiger partial charge in [0.2, 0.25) is 0 Å². The molecule has 8 heteroatoms. The molecule has 0 aliphatic heterocycles. The lowest BCUT2D eigenvalue weighted by Crippen LogP contribution is -2.27. The summed E-state index contributed by atoms with van der Waals surface area (Å²) in [5.41, 5.74) is 5.97. The number of halogens is 2. The van der Waals surface area contributed by atoms with E-state index in [1.54, 1.807) is 6.07 Å². The number of rotatable bonds is 14. The van der Waals surface area contributed by atoms with Gasteiger partial charge in [-0.1, -0.05) is 103 Å². The third kappa shape index (κ3) is 4.55. The third-order valence-electron chi connectivity index (χ3n) is 10.2. The van der Waals surface area contributed by atoms with E-state index in [1.807, 2.05) is 18.2 Å². The summed E-state index contributed by atoms with van der Waals surface area (Å²) in [5.74, 6) is -0.717. The minimum absolute atomic E-state index is 0.285. The molecular formula is C36H40F2N4O2. The van der Waals surface area contributed by atoms with Crippen molar-refractivity contribution in [3.05, 3.63) is 58.2 Å². The highest BCUT2D eigenvalue weighted by molar-refractivity contribution is 6.03. The van der Waals surface area contributed by atoms with Crippen molar-refractivity contribution in [2.24, 2.45) is 0 Å². The zero-order valence-electron chi connectivity index (χ0n) is 25.8. The summed E-state index contributed by atoms with van der Waals surface area (Å²) in [4.78, 5) is 0. The fourth-order valence-corrected chi connectivity index (χ4v) is 8.05. The number of fused-ring (bicyclic) bond motifs is 10. The van der Waals surface area contributed by atoms with Crippen LogP contribution in [0, 0.1) is 11.6 Å². The Labute approximate surface area is 256 Å². The molecule has 0 bridgehead atoms. The largest absolute Gasteiger partial charge is 0.243 e. The molecule has 0 unspecified atom stereocenters. The second kappa shape index (κ2) is 12.0. The molecular weight excluding hydrogens is 558 g/mol. The van der Waals surface area contributed by atoms with E-state index in [1.165, 1.54) is 38.5 Å². The highest BCUT2D eigenvalue weighted by atomic mass is 19.1. The van der Waals surface area contributed by atoms with Gasteiger partial charge in [-0.05, 0) is 56.7 Å². The second-order valence-electron chi connectivity index (χ2n) is 12.9. The minimum Gasteiger partial charge on any atom is -0.243 e. The average Bonchev–Trinajstić information content (AvgIpc) is 3.82. The van der Waals surface area contributed by atoms with Gasteiger partial charge in [-0.25, -0.2) is 18.0 Å². The molecule has 2 aliphatic rings. The van der Waals surface area contributed by atoms with Crippen LogP contribution in [0.25, 0.3) is 44.3 Å². The monoisotopic (exact) mass is 598 g/mol. The zero-order valence-corrected chi connectivity index (χ0v) is 25.8. The van der Waals surface area contributed by atoms with Gasteiger partial charge in [0.25, 0.3) is 0 Å². The molecule has 0 spiro atoms. The van der Waals surface area contributed by atoms with E-state index in [0.717, 1.165) is 62.5 Å². The van der Waals surface area contributed by atoms with Gasteiger partial charge in [-0.2, -0.15) is 0 Å². The number of hydrogen-bond donors (Lipinski definition) is 0. The van der Waals surface area contributed by atoms with Gasteiger partial charge in [-0.3, -0.25) is 0 Å². The molecule has 3 aromatic carbocycles. The zero-order chi connectivity index (χ0) is 30.3. The Morgan fingerprint density at radius 2 is 1.18 bits per heavy atom. The quantitative estimate of drug-likeness (QED) is 0.116. The van der Waals surface area contributed by atoms with Crippen molar-refractivity contribution < 1.29 is 18.0 Å². The van der Waals surface area contributed by atoms with Crippen LogP contribution in [0.5, 0.6) is 0 Å². The molecule has 5 aromatic rings. The smallest absolute Gasteiger partial charge is 0.143 e. The lowest BCUT2D eigenvalue weighted by molar-refractivity contribution is 0.315. The average molecular weight is 599 g/mol. The van der Waals surface area contributed by atoms with Crippen molar-refractivity contribution in [3.8, 4) is 22.3 Å². The molecule has 44 heavy (non-hydrogen) atoms. The molecule has 0 fully saturated rings. The van der Waals surface area contributed by atoms with E-state index < -0.39 is 5.41 Å². The Bertz CT molecular complexity index is 1810. The lowest BCUT2D eigenvalue weighted by Gasteiger charge is -2.33. The molecule has 0 N–H and O–H groups in total. The van der Waals surface area contributed by atoms with Crippen LogP contribution in [0.2, 0.25) is 0 Å². The summed E-state index contributed by atoms with van der Waals surface area (Å²) in [6.45, 7) is 4.44. The normalized spacial score (nSPS) is 14.4. The summed E-state index contributed by atoms with van der Waals surface area (Å²) in [6.07, 6.45) is 15.4. The van der Waals surface area contributed by atoms with E-state index in [0.29, 0.717) is 55.4 Å². The number of nitrogens with zero attached hydrogens (tertiary/aromatic N) is 4. The molecule has 0 radical (unpaired) electrons. The first-order valence-electron chi connectivity index (χ1n) is 16.7. The Balaban J connectivity index is 1.41. The molecule has 6 nitrogen and oxygen atoms in total. The van der Waals surface area contributed by atoms with Crippen molar-refractivity contribution in [2.45, 2.75) is 116 Å². The van der Waals surface area contributed by atoms with E-state index in [9.17, 15) is 0 Å². The summed E-state index contributed by atoms with van der Waals surface area (Å²) in [5, 5.41) is 16.5. The Hall–Kier alpha value is -3.68. The first-order valence-corrected chi connectivity index (χ1v) is 16.7. The van der Waals surface area contributed by atoms with Gasteiger partial charge in [0.1, 0.15) is 33.7 Å². The van der Waals surface area contributed by atoms with Crippen LogP contribution >= 0.6 is 0 Å². The van der Waals surface area contributed by atoms with Crippen molar-refractivity contribution in [1.82, 2.24) is 20.6 Å². The van der Waals surface area contributed by atoms with E-state index in [-0.39, 0.29) is 18.1 Å². The van der Waals surface area contributed by atoms with Gasteiger partial charge >= 0.3 is 0 Å². The van der Waals surface area contributed by atoms with Crippen LogP contribution in [0.4, 0.5) is 8.78 Å². The van der Waals surface area contributed by atoms with Gasteiger partial charge in [-0.15, -0.1) is 0 Å². The summed E-state index contributed by atoms with van der Waals surface area (Å²) < 4.78 is 45.0. The highest BCUT2D eigenvalue weighted by Crippen LogP contribution is 2.60. The number of unbranched alkanes of at least 4 members (excludes halogenated alkanes) is 10. The third-order valence-corrected chi connectivity index (χ3v) is 10.2. The summed E-state index contributed by atoms with van der Waals surface area (Å²) >= 11 is 0. The standard InChI is InChI=1S/C36H40F2N4O2/c1-3-5-7-9-11-13-19-36(20-14-12-10-8-6-4-2)24-16-18-26-35(42-44-40-26)29(24)30-31(36)33(38)28-23(32(30)37)21-22-15-17-25-34(27(22)28)41-43-39-25/h15-18H,3-14,19-21H2,1-2H3. The molecule has 2 aliphatic carbocycles. The maximum Gasteiger partial charge on any atom is 0.143 e. The molecule has 0 saturated carbocycles. The topological polar surface area (TPSA) is 77.8 Å². The van der Waals surface area contributed by atoms with Crippen molar-refractivity contribution in [2.75, 3.05) is 0 Å². The van der Waals surface area contributed by atoms with Crippen LogP contribution in [-0.2, 0) is 11.8 Å². The Morgan fingerprint density at radius 3 is 1.82 bits per heavy atom. The fourth-order valence-electron chi connectivity index (χ4n) is 8.05. The van der Waals surface area contributed by atoms with Gasteiger partial charge in [0.15, 0.2) is 0 Å². The van der Waals surface area contributed by atoms with Gasteiger partial charge in [0, 0.05) is 45.2 Å². The van der Waals surface area contributed by atoms with E-state index >= 15 is 8.78 Å². The van der Waals surface area contributed by atoms with Crippen molar-refractivity contribution in [3.63, 3.8) is 0 Å². The number of hydrogen-bond acceptors (Lipinski definition) is 6. The van der Waals surface area contributed by atoms with Crippen molar-refractivity contribution >= 4 is 22.1 Å². The van der Waals surface area contributed by atoms with Gasteiger partial charge < -0.3 is 0 Å². The second-order valence-corrected chi connectivity index (χ2v) is 12.9. The predicted molar refractivity (Wildman–Crippen MR) is 168 cm³/mol. The maximum atomic E-state index is 17.6. The van der Waals surface area contributed by atoms with Crippen LogP contribution in [-0.4, -0.2) is 20.6 Å². The van der Waals surface area contributed by atoms with Crippen molar-refractivity contribution in [1.29, 1.82) is 0 Å². The van der Waals surface area contributed by atoms with E-state index in [2.05, 4.69) is 34.5 Å². The van der Waals surface area contributed by atoms with Gasteiger partial charge in [0.05, 0.1) is 0 Å². The molecule has 0 amide bonds. The van der Waals surface area contributed by atoms with Crippen LogP contribution in [0.1, 0.15) is 126 Å². The molecule has 2 heterocycles. The predicted octanol–water partition coefficient (Wildman–Crippen LogP) is 10.4. The molecule has 0 atom stereocenters. The molecule has 0 saturated heterocycles. The molecule has 230 valence electrons.